The topological polar surface area (TPSA) is 46.2 Å². The van der Waals surface area contributed by atoms with Crippen molar-refractivity contribution in [1.82, 2.24) is 5.32 Å². The molecule has 2 aliphatic rings. The van der Waals surface area contributed by atoms with Crippen molar-refractivity contribution >= 4 is 9.84 Å². The fourth-order valence-corrected chi connectivity index (χ4v) is 4.23. The Morgan fingerprint density at radius 2 is 2.06 bits per heavy atom. The molecular weight excluding hydrogens is 253 g/mol. The Morgan fingerprint density at radius 1 is 1.33 bits per heavy atom. The van der Waals surface area contributed by atoms with Crippen molar-refractivity contribution < 1.29 is 12.8 Å². The van der Waals surface area contributed by atoms with Gasteiger partial charge in [0.2, 0.25) is 0 Å². The molecule has 0 spiro atoms. The van der Waals surface area contributed by atoms with Crippen LogP contribution in [0.3, 0.4) is 0 Å². The third kappa shape index (κ3) is 1.95. The molecule has 1 aromatic rings. The number of sulfone groups is 1. The molecule has 1 N–H and O–H groups in total. The van der Waals surface area contributed by atoms with Crippen LogP contribution in [0.5, 0.6) is 0 Å². The van der Waals surface area contributed by atoms with Gasteiger partial charge in [-0.1, -0.05) is 6.07 Å². The van der Waals surface area contributed by atoms with Crippen molar-refractivity contribution in [3.8, 4) is 0 Å². The molecule has 1 saturated carbocycles. The van der Waals surface area contributed by atoms with Crippen LogP contribution in [0, 0.1) is 5.82 Å². The quantitative estimate of drug-likeness (QED) is 0.895. The van der Waals surface area contributed by atoms with Gasteiger partial charge >= 0.3 is 0 Å². The van der Waals surface area contributed by atoms with Crippen LogP contribution in [0.15, 0.2) is 23.1 Å². The molecule has 5 heteroatoms. The standard InChI is InChI=1S/C13H16FNO2S/c1-8-6-12(15-10-3-4-10)11-5-2-9(14)7-13(11)18(8,16)17/h2,5,7-8,10,12,15H,3-4,6H2,1H3. The van der Waals surface area contributed by atoms with Gasteiger partial charge in [-0.25, -0.2) is 12.8 Å². The van der Waals surface area contributed by atoms with Crippen LogP contribution in [-0.4, -0.2) is 19.7 Å². The molecule has 2 atom stereocenters. The molecule has 1 aromatic carbocycles. The minimum absolute atomic E-state index is 0.0339. The van der Waals surface area contributed by atoms with E-state index in [9.17, 15) is 12.8 Å². The van der Waals surface area contributed by atoms with Crippen LogP contribution in [0.25, 0.3) is 0 Å². The zero-order chi connectivity index (χ0) is 12.9. The van der Waals surface area contributed by atoms with E-state index in [0.717, 1.165) is 24.5 Å². The fraction of sp³-hybridized carbons (Fsp3) is 0.538. The van der Waals surface area contributed by atoms with Crippen LogP contribution in [0.1, 0.15) is 37.8 Å². The van der Waals surface area contributed by atoms with E-state index in [-0.39, 0.29) is 10.9 Å². The van der Waals surface area contributed by atoms with Crippen LogP contribution in [-0.2, 0) is 9.84 Å². The molecule has 1 aliphatic carbocycles. The number of halogens is 1. The van der Waals surface area contributed by atoms with Gasteiger partial charge in [-0.2, -0.15) is 0 Å². The Kier molecular flexibility index (Phi) is 2.71. The summed E-state index contributed by atoms with van der Waals surface area (Å²) in [5.74, 6) is -0.489. The highest BCUT2D eigenvalue weighted by Gasteiger charge is 2.38. The molecule has 18 heavy (non-hydrogen) atoms. The lowest BCUT2D eigenvalue weighted by molar-refractivity contribution is 0.458. The summed E-state index contributed by atoms with van der Waals surface area (Å²) in [6.45, 7) is 1.70. The minimum Gasteiger partial charge on any atom is -0.307 e. The predicted octanol–water partition coefficient (Wildman–Crippen LogP) is 2.18. The highest BCUT2D eigenvalue weighted by Crippen LogP contribution is 2.38. The van der Waals surface area contributed by atoms with Gasteiger partial charge in [0, 0.05) is 12.1 Å². The summed E-state index contributed by atoms with van der Waals surface area (Å²) in [6, 6.07) is 4.63. The summed E-state index contributed by atoms with van der Waals surface area (Å²) in [7, 11) is -3.37. The third-order valence-corrected chi connectivity index (χ3v) is 5.99. The molecule has 0 radical (unpaired) electrons. The van der Waals surface area contributed by atoms with Crippen molar-refractivity contribution in [2.75, 3.05) is 0 Å². The lowest BCUT2D eigenvalue weighted by Crippen LogP contribution is -2.35. The monoisotopic (exact) mass is 269 g/mol. The first kappa shape index (κ1) is 12.1. The zero-order valence-corrected chi connectivity index (χ0v) is 11.0. The van der Waals surface area contributed by atoms with Crippen molar-refractivity contribution in [1.29, 1.82) is 0 Å². The van der Waals surface area contributed by atoms with Gasteiger partial charge in [0.25, 0.3) is 0 Å². The lowest BCUT2D eigenvalue weighted by Gasteiger charge is -2.30. The maximum absolute atomic E-state index is 13.3. The van der Waals surface area contributed by atoms with E-state index in [4.69, 9.17) is 0 Å². The van der Waals surface area contributed by atoms with E-state index in [1.165, 1.54) is 6.07 Å². The first-order valence-corrected chi connectivity index (χ1v) is 7.82. The van der Waals surface area contributed by atoms with E-state index in [2.05, 4.69) is 5.32 Å². The molecule has 0 amide bonds. The summed E-state index contributed by atoms with van der Waals surface area (Å²) in [5, 5.41) is 2.99. The number of fused-ring (bicyclic) bond motifs is 1. The second kappa shape index (κ2) is 4.03. The molecule has 1 aliphatic heterocycles. The Hall–Kier alpha value is -0.940. The Morgan fingerprint density at radius 3 is 2.72 bits per heavy atom. The number of nitrogens with one attached hydrogen (secondary N) is 1. The first-order valence-electron chi connectivity index (χ1n) is 6.28. The second-order valence-electron chi connectivity index (χ2n) is 5.27. The van der Waals surface area contributed by atoms with E-state index in [1.807, 2.05) is 0 Å². The number of hydrogen-bond donors (Lipinski definition) is 1. The molecule has 3 rings (SSSR count). The van der Waals surface area contributed by atoms with Crippen LogP contribution < -0.4 is 5.32 Å². The molecule has 0 bridgehead atoms. The maximum atomic E-state index is 13.3. The Bertz CT molecular complexity index is 581. The number of benzene rings is 1. The molecule has 0 saturated heterocycles. The van der Waals surface area contributed by atoms with E-state index < -0.39 is 20.9 Å². The molecule has 1 fully saturated rings. The van der Waals surface area contributed by atoms with Crippen LogP contribution in [0.4, 0.5) is 4.39 Å². The van der Waals surface area contributed by atoms with Crippen LogP contribution >= 0.6 is 0 Å². The summed E-state index contributed by atoms with van der Waals surface area (Å²) in [4.78, 5) is 0.166. The van der Waals surface area contributed by atoms with Crippen molar-refractivity contribution in [3.05, 3.63) is 29.6 Å². The molecular formula is C13H16FNO2S. The van der Waals surface area contributed by atoms with E-state index >= 15 is 0 Å². The molecule has 98 valence electrons. The number of rotatable bonds is 2. The SMILES string of the molecule is CC1CC(NC2CC2)c2ccc(F)cc2S1(=O)=O. The largest absolute Gasteiger partial charge is 0.307 e. The first-order chi connectivity index (χ1) is 8.48. The van der Waals surface area contributed by atoms with Gasteiger partial charge in [-0.05, 0) is 43.9 Å². The molecule has 3 nitrogen and oxygen atoms in total. The summed E-state index contributed by atoms with van der Waals surface area (Å²) >= 11 is 0. The summed E-state index contributed by atoms with van der Waals surface area (Å²) in [6.07, 6.45) is 2.86. The van der Waals surface area contributed by atoms with E-state index in [0.29, 0.717) is 12.5 Å². The van der Waals surface area contributed by atoms with Crippen molar-refractivity contribution in [2.24, 2.45) is 0 Å². The summed E-state index contributed by atoms with van der Waals surface area (Å²) < 4.78 is 37.7. The van der Waals surface area contributed by atoms with E-state index in [1.54, 1.807) is 13.0 Å². The lowest BCUT2D eigenvalue weighted by atomic mass is 10.0. The van der Waals surface area contributed by atoms with Crippen molar-refractivity contribution in [2.45, 2.75) is 48.4 Å². The van der Waals surface area contributed by atoms with Gasteiger partial charge in [-0.15, -0.1) is 0 Å². The highest BCUT2D eigenvalue weighted by atomic mass is 32.2. The smallest absolute Gasteiger partial charge is 0.181 e. The molecule has 2 unspecified atom stereocenters. The van der Waals surface area contributed by atoms with Gasteiger partial charge < -0.3 is 5.32 Å². The minimum atomic E-state index is -3.37. The molecule has 0 aromatic heterocycles. The highest BCUT2D eigenvalue weighted by molar-refractivity contribution is 7.92. The van der Waals surface area contributed by atoms with Gasteiger partial charge in [-0.3, -0.25) is 0 Å². The maximum Gasteiger partial charge on any atom is 0.181 e. The second-order valence-corrected chi connectivity index (χ2v) is 7.60. The Balaban J connectivity index is 2.07. The van der Waals surface area contributed by atoms with Gasteiger partial charge in [0.05, 0.1) is 10.1 Å². The van der Waals surface area contributed by atoms with Gasteiger partial charge in [0.1, 0.15) is 5.82 Å². The number of hydrogen-bond acceptors (Lipinski definition) is 3. The fourth-order valence-electron chi connectivity index (χ4n) is 2.54. The molecule has 1 heterocycles. The third-order valence-electron chi connectivity index (χ3n) is 3.77. The van der Waals surface area contributed by atoms with Crippen molar-refractivity contribution in [3.63, 3.8) is 0 Å². The normalized spacial score (nSPS) is 29.9. The Labute approximate surface area is 106 Å². The van der Waals surface area contributed by atoms with Crippen LogP contribution in [0.2, 0.25) is 0 Å². The average molecular weight is 269 g/mol. The zero-order valence-electron chi connectivity index (χ0n) is 10.2. The average Bonchev–Trinajstić information content (AvgIpc) is 3.10. The summed E-state index contributed by atoms with van der Waals surface area (Å²) in [5.41, 5.74) is 0.724. The predicted molar refractivity (Wildman–Crippen MR) is 66.6 cm³/mol. The van der Waals surface area contributed by atoms with Gasteiger partial charge in [0.15, 0.2) is 9.84 Å².